The quantitative estimate of drug-likeness (QED) is 0.0459. The van der Waals surface area contributed by atoms with E-state index in [0.717, 1.165) is 54.2 Å². The molecule has 0 N–H and O–H groups in total. The molecule has 0 aromatic heterocycles. The highest BCUT2D eigenvalue weighted by Gasteiger charge is 2.58. The highest BCUT2D eigenvalue weighted by atomic mass is 31.2. The Morgan fingerprint density at radius 3 is 1.20 bits per heavy atom. The van der Waals surface area contributed by atoms with Crippen LogP contribution in [-0.4, -0.2) is 50.3 Å². The van der Waals surface area contributed by atoms with Crippen LogP contribution in [0.1, 0.15) is 88.5 Å². The van der Waals surface area contributed by atoms with Crippen molar-refractivity contribution in [2.75, 3.05) is 0 Å². The lowest BCUT2D eigenvalue weighted by molar-refractivity contribution is -0.180. The van der Waals surface area contributed by atoms with Gasteiger partial charge in [0.1, 0.15) is 12.4 Å². The summed E-state index contributed by atoms with van der Waals surface area (Å²) in [6, 6.07) is 84.8. The molecule has 1 aliphatic rings. The van der Waals surface area contributed by atoms with Crippen molar-refractivity contribution in [3.05, 3.63) is 266 Å². The molecule has 1 aliphatic carbocycles. The summed E-state index contributed by atoms with van der Waals surface area (Å²) in [6.45, 7) is 28.1. The van der Waals surface area contributed by atoms with Gasteiger partial charge in [-0.1, -0.05) is 312 Å². The summed E-state index contributed by atoms with van der Waals surface area (Å²) in [4.78, 5) is 0. The van der Waals surface area contributed by atoms with Crippen LogP contribution in [0.4, 0.5) is 0 Å². The van der Waals surface area contributed by atoms with Crippen LogP contribution >= 0.6 is 7.14 Å². The van der Waals surface area contributed by atoms with Crippen molar-refractivity contribution < 1.29 is 22.6 Å². The van der Waals surface area contributed by atoms with E-state index in [-0.39, 0.29) is 5.41 Å². The number of hydrogen-bond donors (Lipinski definition) is 0. The van der Waals surface area contributed by atoms with Crippen LogP contribution in [0.5, 0.6) is 0 Å². The molecule has 1 saturated carbocycles. The van der Waals surface area contributed by atoms with Crippen molar-refractivity contribution in [2.24, 2.45) is 5.41 Å². The van der Waals surface area contributed by atoms with Gasteiger partial charge >= 0.3 is 0 Å². The van der Waals surface area contributed by atoms with E-state index in [2.05, 4.69) is 251 Å². The maximum Gasteiger partial charge on any atom is 0.262 e. The Bertz CT molecular complexity index is 3200. The summed E-state index contributed by atoms with van der Waals surface area (Å²) in [6.07, 6.45) is -1.17. The van der Waals surface area contributed by atoms with Gasteiger partial charge in [-0.25, -0.2) is 0 Å². The Labute approximate surface area is 488 Å². The second kappa shape index (κ2) is 25.2. The molecular formula is C72H83O5PSi3. The Morgan fingerprint density at radius 1 is 0.519 bits per heavy atom. The summed E-state index contributed by atoms with van der Waals surface area (Å²) in [5.41, 5.74) is 1.58. The Kier molecular flexibility index (Phi) is 18.5. The van der Waals surface area contributed by atoms with E-state index in [9.17, 15) is 0 Å². The zero-order valence-corrected chi connectivity index (χ0v) is 53.3. The molecule has 0 bridgehead atoms. The van der Waals surface area contributed by atoms with Crippen molar-refractivity contribution >= 4 is 74.5 Å². The highest BCUT2D eigenvalue weighted by Crippen LogP contribution is 2.56. The van der Waals surface area contributed by atoms with Gasteiger partial charge in [0.2, 0.25) is 9.04 Å². The van der Waals surface area contributed by atoms with Gasteiger partial charge in [-0.3, -0.25) is 0 Å². The van der Waals surface area contributed by atoms with Gasteiger partial charge in [0.15, 0.2) is 7.14 Å². The van der Waals surface area contributed by atoms with Crippen molar-refractivity contribution in [3.8, 4) is 0 Å². The SMILES string of the molecule is C=C1/C(=C(\C)P(=O)(c2ccccc2)c2ccccc2)CC(O[Si](c2ccccc2)(c2ccccc2)C(C)(C)C)C(OC(CCC(C)(C)C)O[SiH](c2ccccc2)c2ccccc2)C1O[Si](c1ccccc1)(c1ccccc1)C(C)(C)C. The van der Waals surface area contributed by atoms with Crippen LogP contribution in [0.2, 0.25) is 10.1 Å². The second-order valence-electron chi connectivity index (χ2n) is 25.1. The smallest absolute Gasteiger partial charge is 0.262 e. The Hall–Kier alpha value is -6.04. The fourth-order valence-corrected chi connectivity index (χ4v) is 26.8. The average molecular weight is 1140 g/mol. The van der Waals surface area contributed by atoms with Crippen LogP contribution in [-0.2, 0) is 22.6 Å². The average Bonchev–Trinajstić information content (AvgIpc) is 2.95. The minimum atomic E-state index is -3.57. The molecule has 8 aromatic rings. The van der Waals surface area contributed by atoms with Crippen LogP contribution in [0.15, 0.2) is 266 Å². The molecule has 0 heterocycles. The third-order valence-corrected chi connectivity index (χ3v) is 32.2. The number of benzene rings is 8. The minimum Gasteiger partial charge on any atom is -0.401 e. The lowest BCUT2D eigenvalue weighted by Crippen LogP contribution is -2.72. The highest BCUT2D eigenvalue weighted by molar-refractivity contribution is 7.82. The second-order valence-corrected chi connectivity index (χ2v) is 38.9. The molecule has 1 fully saturated rings. The van der Waals surface area contributed by atoms with Crippen LogP contribution in [0.3, 0.4) is 0 Å². The van der Waals surface area contributed by atoms with Gasteiger partial charge in [-0.15, -0.1) is 0 Å². The number of hydrogen-bond acceptors (Lipinski definition) is 5. The number of rotatable bonds is 19. The van der Waals surface area contributed by atoms with Crippen LogP contribution in [0, 0.1) is 5.41 Å². The van der Waals surface area contributed by atoms with E-state index in [1.165, 1.54) is 10.4 Å². The molecule has 0 spiro atoms. The van der Waals surface area contributed by atoms with E-state index in [4.69, 9.17) is 24.6 Å². The zero-order chi connectivity index (χ0) is 57.5. The van der Waals surface area contributed by atoms with E-state index in [1.807, 2.05) is 60.7 Å². The minimum absolute atomic E-state index is 0.0453. The zero-order valence-electron chi connectivity index (χ0n) is 49.3. The van der Waals surface area contributed by atoms with E-state index >= 15 is 4.57 Å². The molecule has 418 valence electrons. The van der Waals surface area contributed by atoms with Crippen LogP contribution < -0.4 is 41.7 Å². The first-order valence-electron chi connectivity index (χ1n) is 28.9. The van der Waals surface area contributed by atoms with Crippen molar-refractivity contribution in [3.63, 3.8) is 0 Å². The molecule has 0 radical (unpaired) electrons. The molecular weight excluding hydrogens is 1060 g/mol. The monoisotopic (exact) mass is 1140 g/mol. The Morgan fingerprint density at radius 2 is 0.852 bits per heavy atom. The predicted octanol–water partition coefficient (Wildman–Crippen LogP) is 13.2. The Balaban J connectivity index is 1.37. The first-order valence-corrected chi connectivity index (χ1v) is 36.0. The third kappa shape index (κ3) is 12.7. The van der Waals surface area contributed by atoms with Crippen LogP contribution in [0.25, 0.3) is 0 Å². The lowest BCUT2D eigenvalue weighted by Gasteiger charge is -2.53. The third-order valence-electron chi connectivity index (χ3n) is 16.3. The molecule has 8 aromatic carbocycles. The maximum absolute atomic E-state index is 17.0. The molecule has 81 heavy (non-hydrogen) atoms. The predicted molar refractivity (Wildman–Crippen MR) is 349 cm³/mol. The largest absolute Gasteiger partial charge is 0.401 e. The molecule has 0 aliphatic heterocycles. The standard InChI is InChI=1S/C72H83O5PSi3/c1-55-65(56(2)78(73,57-36-20-12-21-37-57)58-38-22-13-23-39-58)54-66(76-80(71(6,7)8,61-44-28-16-29-45-61)62-46-30-17-31-47-62)69(68(55)77-81(72(9,10)11,63-48-32-18-33-49-63)64-50-34-19-35-51-64)74-67(52-53-70(3,4)5)75-79(59-40-24-14-25-41-59)60-42-26-15-27-43-60/h12-51,66-69,79H,1,52-54H2,2-11H3/b65-56+. The molecule has 4 unspecified atom stereocenters. The normalized spacial score (nSPS) is 17.7. The first-order chi connectivity index (χ1) is 38.8. The first kappa shape index (κ1) is 59.6. The fraction of sp³-hybridized carbons (Fsp3) is 0.278. The van der Waals surface area contributed by atoms with Crippen molar-refractivity contribution in [1.29, 1.82) is 0 Å². The summed E-state index contributed by atoms with van der Waals surface area (Å²) in [5.74, 6) is 0. The maximum atomic E-state index is 17.0. The summed E-state index contributed by atoms with van der Waals surface area (Å²) < 4.78 is 50.1. The molecule has 9 rings (SSSR count). The molecule has 0 amide bonds. The van der Waals surface area contributed by atoms with Gasteiger partial charge in [0.25, 0.3) is 16.6 Å². The molecule has 0 saturated heterocycles. The van der Waals surface area contributed by atoms with Gasteiger partial charge in [0.05, 0.1) is 12.2 Å². The van der Waals surface area contributed by atoms with E-state index in [0.29, 0.717) is 12.8 Å². The molecule has 4 atom stereocenters. The van der Waals surface area contributed by atoms with Crippen molar-refractivity contribution in [1.82, 2.24) is 0 Å². The number of ether oxygens (including phenoxy) is 1. The van der Waals surface area contributed by atoms with Gasteiger partial charge in [-0.05, 0) is 82.8 Å². The van der Waals surface area contributed by atoms with Gasteiger partial charge in [-0.2, -0.15) is 0 Å². The summed E-state index contributed by atoms with van der Waals surface area (Å²) in [5, 5.41) is 8.33. The van der Waals surface area contributed by atoms with Gasteiger partial charge < -0.3 is 22.6 Å². The summed E-state index contributed by atoms with van der Waals surface area (Å²) >= 11 is 0. The van der Waals surface area contributed by atoms with E-state index in [1.54, 1.807) is 0 Å². The van der Waals surface area contributed by atoms with Crippen molar-refractivity contribution in [2.45, 2.75) is 123 Å². The topological polar surface area (TPSA) is 54.0 Å². The fourth-order valence-electron chi connectivity index (χ4n) is 12.3. The molecule has 5 nitrogen and oxygen atoms in total. The number of allylic oxidation sites excluding steroid dienone is 1. The van der Waals surface area contributed by atoms with Gasteiger partial charge in [0, 0.05) is 17.0 Å². The van der Waals surface area contributed by atoms with E-state index < -0.39 is 67.5 Å². The lowest BCUT2D eigenvalue weighted by atomic mass is 9.83. The summed E-state index contributed by atoms with van der Waals surface area (Å²) in [7, 11) is -12.9. The molecule has 9 heteroatoms.